The Morgan fingerprint density at radius 3 is 2.50 bits per heavy atom. The summed E-state index contributed by atoms with van der Waals surface area (Å²) in [5.74, 6) is 6.48. The molecule has 0 aliphatic heterocycles. The zero-order valence-corrected chi connectivity index (χ0v) is 19.2. The van der Waals surface area contributed by atoms with Crippen molar-refractivity contribution in [3.8, 4) is 11.8 Å². The summed E-state index contributed by atoms with van der Waals surface area (Å²) in [5.41, 5.74) is 7.03. The van der Waals surface area contributed by atoms with Crippen LogP contribution in [0.2, 0.25) is 0 Å². The number of nitrogens with one attached hydrogen (secondary N) is 1. The minimum absolute atomic E-state index is 0.0554. The Kier molecular flexibility index (Phi) is 10.7. The Morgan fingerprint density at radius 2 is 1.70 bits per heavy atom. The Bertz CT molecular complexity index is 828. The molecule has 0 aromatic heterocycles. The normalized spacial score (nSPS) is 12.8. The number of rotatable bonds is 12. The van der Waals surface area contributed by atoms with Crippen LogP contribution >= 0.6 is 0 Å². The molecule has 1 atom stereocenters. The Hall–Kier alpha value is -2.08. The van der Waals surface area contributed by atoms with Crippen molar-refractivity contribution >= 4 is 10.8 Å². The lowest BCUT2D eigenvalue weighted by molar-refractivity contribution is 0.455. The predicted molar refractivity (Wildman–Crippen MR) is 132 cm³/mol. The second-order valence-corrected chi connectivity index (χ2v) is 9.22. The molecule has 30 heavy (non-hydrogen) atoms. The predicted octanol–water partition coefficient (Wildman–Crippen LogP) is 6.59. The molecule has 2 heteroatoms. The topological polar surface area (TPSA) is 38.0 Å². The minimum Gasteiger partial charge on any atom is -0.330 e. The highest BCUT2D eigenvalue weighted by Crippen LogP contribution is 2.19. The van der Waals surface area contributed by atoms with E-state index in [1.165, 1.54) is 48.4 Å². The number of unbranched alkanes of at least 4 members (excludes halogenated alkanes) is 4. The quantitative estimate of drug-likeness (QED) is 0.309. The third-order valence-corrected chi connectivity index (χ3v) is 5.29. The first-order valence-electron chi connectivity index (χ1n) is 11.6. The zero-order chi connectivity index (χ0) is 21.7. The summed E-state index contributed by atoms with van der Waals surface area (Å²) in [6.07, 6.45) is 12.7. The van der Waals surface area contributed by atoms with Crippen molar-refractivity contribution in [1.29, 1.82) is 0 Å². The third kappa shape index (κ3) is 9.61. The molecule has 162 valence electrons. The van der Waals surface area contributed by atoms with Gasteiger partial charge in [-0.2, -0.15) is 0 Å². The Labute approximate surface area is 184 Å². The van der Waals surface area contributed by atoms with E-state index in [1.807, 2.05) is 6.08 Å². The summed E-state index contributed by atoms with van der Waals surface area (Å²) >= 11 is 0. The van der Waals surface area contributed by atoms with Crippen LogP contribution in [0.1, 0.15) is 71.3 Å². The summed E-state index contributed by atoms with van der Waals surface area (Å²) in [6.45, 7) is 8.16. The van der Waals surface area contributed by atoms with Crippen LogP contribution in [0.15, 0.2) is 54.6 Å². The van der Waals surface area contributed by atoms with E-state index in [-0.39, 0.29) is 5.41 Å². The highest BCUT2D eigenvalue weighted by Gasteiger charge is 2.08. The highest BCUT2D eigenvalue weighted by atomic mass is 14.9. The molecule has 1 unspecified atom stereocenters. The van der Waals surface area contributed by atoms with Gasteiger partial charge in [0.25, 0.3) is 0 Å². The van der Waals surface area contributed by atoms with Gasteiger partial charge in [0.1, 0.15) is 0 Å². The van der Waals surface area contributed by atoms with Crippen LogP contribution in [0.4, 0.5) is 0 Å². The van der Waals surface area contributed by atoms with Gasteiger partial charge in [0.05, 0.1) is 0 Å². The standard InChI is InChI=1S/C28H40N2/c1-28(2,3)21-12-7-9-19-26(18-8-5-4-6-13-22-29)30-23-25-17-14-16-24-15-10-11-20-27(24)25/h7,9-11,14-17,20,26,30H,4-6,8,13,18-19,22-23,29H2,1-3H3. The molecule has 2 nitrogen and oxygen atoms in total. The molecule has 2 rings (SSSR count). The largest absolute Gasteiger partial charge is 0.330 e. The van der Waals surface area contributed by atoms with Crippen molar-refractivity contribution in [2.75, 3.05) is 6.54 Å². The average Bonchev–Trinajstić information content (AvgIpc) is 2.72. The van der Waals surface area contributed by atoms with Gasteiger partial charge in [-0.1, -0.05) is 86.1 Å². The van der Waals surface area contributed by atoms with E-state index in [9.17, 15) is 0 Å². The maximum Gasteiger partial charge on any atom is 0.0233 e. The van der Waals surface area contributed by atoms with E-state index in [2.05, 4.69) is 86.5 Å². The molecule has 3 N–H and O–H groups in total. The van der Waals surface area contributed by atoms with Crippen molar-refractivity contribution in [2.24, 2.45) is 11.1 Å². The van der Waals surface area contributed by atoms with Gasteiger partial charge in [-0.05, 0) is 69.0 Å². The molecule has 2 aromatic carbocycles. The lowest BCUT2D eigenvalue weighted by Crippen LogP contribution is -2.28. The lowest BCUT2D eigenvalue weighted by atomic mass is 9.98. The first-order valence-corrected chi connectivity index (χ1v) is 11.6. The van der Waals surface area contributed by atoms with Crippen LogP contribution in [0.25, 0.3) is 10.8 Å². The van der Waals surface area contributed by atoms with Crippen LogP contribution in [0.5, 0.6) is 0 Å². The van der Waals surface area contributed by atoms with Crippen molar-refractivity contribution in [3.05, 3.63) is 60.2 Å². The third-order valence-electron chi connectivity index (χ3n) is 5.29. The average molecular weight is 405 g/mol. The number of hydrogen-bond acceptors (Lipinski definition) is 2. The molecule has 0 aliphatic rings. The Morgan fingerprint density at radius 1 is 0.967 bits per heavy atom. The molecule has 0 saturated heterocycles. The van der Waals surface area contributed by atoms with E-state index >= 15 is 0 Å². The van der Waals surface area contributed by atoms with Crippen LogP contribution in [0.3, 0.4) is 0 Å². The smallest absolute Gasteiger partial charge is 0.0233 e. The van der Waals surface area contributed by atoms with Gasteiger partial charge in [0.2, 0.25) is 0 Å². The molecule has 0 amide bonds. The van der Waals surface area contributed by atoms with E-state index in [1.54, 1.807) is 0 Å². The van der Waals surface area contributed by atoms with Gasteiger partial charge in [0.15, 0.2) is 0 Å². The highest BCUT2D eigenvalue weighted by molar-refractivity contribution is 5.85. The summed E-state index contributed by atoms with van der Waals surface area (Å²) in [4.78, 5) is 0. The number of benzene rings is 2. The van der Waals surface area contributed by atoms with Gasteiger partial charge < -0.3 is 11.1 Å². The van der Waals surface area contributed by atoms with Crippen LogP contribution in [-0.4, -0.2) is 12.6 Å². The number of hydrogen-bond donors (Lipinski definition) is 2. The second-order valence-electron chi connectivity index (χ2n) is 9.22. The van der Waals surface area contributed by atoms with Gasteiger partial charge in [-0.25, -0.2) is 0 Å². The molecule has 2 aromatic rings. The molecule has 0 heterocycles. The van der Waals surface area contributed by atoms with Gasteiger partial charge >= 0.3 is 0 Å². The fourth-order valence-electron chi connectivity index (χ4n) is 3.62. The molecular formula is C28H40N2. The van der Waals surface area contributed by atoms with Crippen molar-refractivity contribution < 1.29 is 0 Å². The maximum absolute atomic E-state index is 5.60. The molecule has 0 radical (unpaired) electrons. The van der Waals surface area contributed by atoms with E-state index in [4.69, 9.17) is 5.73 Å². The molecule has 0 saturated carbocycles. The summed E-state index contributed by atoms with van der Waals surface area (Å²) in [5, 5.41) is 6.48. The SMILES string of the molecule is CC(C)(C)C#CC=CCC(CCCCCCCN)NCc1cccc2ccccc12. The van der Waals surface area contributed by atoms with E-state index in [0.717, 1.165) is 25.9 Å². The molecule has 0 bridgehead atoms. The molecular weight excluding hydrogens is 364 g/mol. The maximum atomic E-state index is 5.60. The lowest BCUT2D eigenvalue weighted by Gasteiger charge is -2.18. The molecule has 0 fully saturated rings. The fourth-order valence-corrected chi connectivity index (χ4v) is 3.62. The second kappa shape index (κ2) is 13.3. The first kappa shape index (κ1) is 24.2. The molecule has 0 aliphatic carbocycles. The van der Waals surface area contributed by atoms with Crippen molar-refractivity contribution in [2.45, 2.75) is 78.3 Å². The summed E-state index contributed by atoms with van der Waals surface area (Å²) < 4.78 is 0. The van der Waals surface area contributed by atoms with Gasteiger partial charge in [-0.15, -0.1) is 0 Å². The number of fused-ring (bicyclic) bond motifs is 1. The molecule has 0 spiro atoms. The van der Waals surface area contributed by atoms with E-state index in [0.29, 0.717) is 6.04 Å². The van der Waals surface area contributed by atoms with Crippen LogP contribution in [-0.2, 0) is 6.54 Å². The number of allylic oxidation sites excluding steroid dienone is 1. The van der Waals surface area contributed by atoms with Crippen molar-refractivity contribution in [1.82, 2.24) is 5.32 Å². The summed E-state index contributed by atoms with van der Waals surface area (Å²) in [6, 6.07) is 15.7. The fraction of sp³-hybridized carbons (Fsp3) is 0.500. The van der Waals surface area contributed by atoms with Crippen LogP contribution < -0.4 is 11.1 Å². The van der Waals surface area contributed by atoms with Crippen LogP contribution in [0, 0.1) is 17.3 Å². The monoisotopic (exact) mass is 404 g/mol. The Balaban J connectivity index is 1.93. The summed E-state index contributed by atoms with van der Waals surface area (Å²) in [7, 11) is 0. The van der Waals surface area contributed by atoms with Gasteiger partial charge in [-0.3, -0.25) is 0 Å². The number of nitrogens with two attached hydrogens (primary N) is 1. The van der Waals surface area contributed by atoms with Gasteiger partial charge in [0, 0.05) is 18.0 Å². The first-order chi connectivity index (χ1) is 14.5. The van der Waals surface area contributed by atoms with E-state index < -0.39 is 0 Å². The minimum atomic E-state index is 0.0554. The van der Waals surface area contributed by atoms with Crippen molar-refractivity contribution in [3.63, 3.8) is 0 Å². The zero-order valence-electron chi connectivity index (χ0n) is 19.2.